The summed E-state index contributed by atoms with van der Waals surface area (Å²) in [4.78, 5) is 26.3. The van der Waals surface area contributed by atoms with Crippen LogP contribution in [0.2, 0.25) is 5.82 Å². The Morgan fingerprint density at radius 2 is 2.00 bits per heavy atom. The van der Waals surface area contributed by atoms with Crippen LogP contribution in [0, 0.1) is 5.92 Å². The Labute approximate surface area is 191 Å². The van der Waals surface area contributed by atoms with Crippen molar-refractivity contribution in [1.82, 2.24) is 10.2 Å². The first kappa shape index (κ1) is 24.7. The molecule has 2 heterocycles. The predicted octanol–water partition coefficient (Wildman–Crippen LogP) is 3.01. The van der Waals surface area contributed by atoms with Crippen LogP contribution in [-0.4, -0.2) is 66.1 Å². The fourth-order valence-corrected chi connectivity index (χ4v) is 4.81. The number of carbonyl (C=O) groups is 2. The monoisotopic (exact) mass is 444 g/mol. The summed E-state index contributed by atoms with van der Waals surface area (Å²) < 4.78 is 5.51. The Bertz CT molecular complexity index is 780. The van der Waals surface area contributed by atoms with Crippen LogP contribution in [0.25, 0.3) is 0 Å². The molecule has 0 aliphatic carbocycles. The molecule has 7 nitrogen and oxygen atoms in total. The summed E-state index contributed by atoms with van der Waals surface area (Å²) in [6, 6.07) is 5.49. The van der Waals surface area contributed by atoms with Gasteiger partial charge in [0.2, 0.25) is 0 Å². The number of benzene rings is 1. The first-order chi connectivity index (χ1) is 15.3. The van der Waals surface area contributed by atoms with E-state index in [4.69, 9.17) is 4.65 Å². The number of carboxylic acid groups (broad SMARTS) is 1. The minimum Gasteiger partial charge on any atom is -0.535 e. The largest absolute Gasteiger partial charge is 0.535 e. The molecule has 0 radical (unpaired) electrons. The number of likely N-dealkylation sites (tertiary alicyclic amines) is 1. The summed E-state index contributed by atoms with van der Waals surface area (Å²) in [5.41, 5.74) is 0.780. The van der Waals surface area contributed by atoms with Gasteiger partial charge in [0, 0.05) is 18.3 Å². The van der Waals surface area contributed by atoms with Crippen LogP contribution in [0.15, 0.2) is 18.2 Å². The van der Waals surface area contributed by atoms with Crippen LogP contribution >= 0.6 is 0 Å². The minimum atomic E-state index is -1.16. The Balaban J connectivity index is 1.39. The zero-order valence-corrected chi connectivity index (χ0v) is 19.4. The van der Waals surface area contributed by atoms with Gasteiger partial charge in [0.05, 0.1) is 12.1 Å². The number of nitrogens with zero attached hydrogens (tertiary/aromatic N) is 1. The normalized spacial score (nSPS) is 19.6. The van der Waals surface area contributed by atoms with Gasteiger partial charge in [-0.15, -0.1) is 0 Å². The van der Waals surface area contributed by atoms with Gasteiger partial charge >= 0.3 is 13.1 Å². The fourth-order valence-electron chi connectivity index (χ4n) is 4.81. The lowest BCUT2D eigenvalue weighted by Gasteiger charge is -2.32. The number of fused-ring (bicyclic) bond motifs is 1. The highest BCUT2D eigenvalue weighted by Crippen LogP contribution is 2.36. The molecule has 176 valence electrons. The molecule has 32 heavy (non-hydrogen) atoms. The molecule has 1 saturated heterocycles. The number of aromatic carboxylic acids is 1. The summed E-state index contributed by atoms with van der Waals surface area (Å²) in [7, 11) is -1.16. The maximum absolute atomic E-state index is 12.7. The summed E-state index contributed by atoms with van der Waals surface area (Å²) in [6.45, 7) is 7.75. The standard InChI is InChI=1S/C24H37BN2O5/c1-17(2)26-11-4-3-6-18-9-12-27(13-10-18)16-21(28)15-20-14-19-7-5-8-22(24(29)30)23(19)32-25(20)31/h5,7-8,17-18,20,26,31H,3-4,6,9-16H2,1-2H3,(H,29,30)/t20-/m1/s1. The van der Waals surface area contributed by atoms with E-state index in [2.05, 4.69) is 24.1 Å². The molecule has 0 unspecified atom stereocenters. The minimum absolute atomic E-state index is 0.0467. The Kier molecular flexibility index (Phi) is 9.14. The molecule has 1 aromatic rings. The van der Waals surface area contributed by atoms with E-state index in [1.165, 1.54) is 25.3 Å². The topological polar surface area (TPSA) is 99.1 Å². The van der Waals surface area contributed by atoms with E-state index in [-0.39, 0.29) is 29.3 Å². The van der Waals surface area contributed by atoms with Gasteiger partial charge in [0.25, 0.3) is 0 Å². The predicted molar refractivity (Wildman–Crippen MR) is 125 cm³/mol. The van der Waals surface area contributed by atoms with Crippen molar-refractivity contribution < 1.29 is 24.4 Å². The van der Waals surface area contributed by atoms with E-state index >= 15 is 0 Å². The van der Waals surface area contributed by atoms with Crippen molar-refractivity contribution in [1.29, 1.82) is 0 Å². The first-order valence-electron chi connectivity index (χ1n) is 12.0. The number of carbonyl (C=O) groups excluding carboxylic acids is 1. The van der Waals surface area contributed by atoms with Crippen molar-refractivity contribution in [3.63, 3.8) is 0 Å². The second kappa shape index (κ2) is 11.8. The highest BCUT2D eigenvalue weighted by Gasteiger charge is 2.38. The third kappa shape index (κ3) is 7.05. The zero-order valence-electron chi connectivity index (χ0n) is 19.4. The molecule has 2 aliphatic rings. The number of para-hydroxylation sites is 1. The highest BCUT2D eigenvalue weighted by atomic mass is 16.5. The molecule has 0 bridgehead atoms. The summed E-state index contributed by atoms with van der Waals surface area (Å²) in [6.07, 6.45) is 6.72. The summed E-state index contributed by atoms with van der Waals surface area (Å²) in [5.74, 6) is -0.351. The molecular weight excluding hydrogens is 407 g/mol. The van der Waals surface area contributed by atoms with Gasteiger partial charge in [0.1, 0.15) is 11.5 Å². The Hall–Kier alpha value is -1.90. The lowest BCUT2D eigenvalue weighted by atomic mass is 9.64. The van der Waals surface area contributed by atoms with Crippen molar-refractivity contribution in [2.24, 2.45) is 5.92 Å². The van der Waals surface area contributed by atoms with Crippen molar-refractivity contribution in [3.8, 4) is 5.75 Å². The first-order valence-corrected chi connectivity index (χ1v) is 12.0. The third-order valence-electron chi connectivity index (χ3n) is 6.64. The van der Waals surface area contributed by atoms with E-state index < -0.39 is 13.1 Å². The number of ketones is 1. The molecule has 3 rings (SSSR count). The van der Waals surface area contributed by atoms with Crippen molar-refractivity contribution >= 4 is 18.9 Å². The zero-order chi connectivity index (χ0) is 23.1. The molecule has 0 amide bonds. The van der Waals surface area contributed by atoms with Gasteiger partial charge in [-0.2, -0.15) is 0 Å². The molecule has 1 atom stereocenters. The number of carboxylic acids is 1. The smallest absolute Gasteiger partial charge is 0.526 e. The van der Waals surface area contributed by atoms with Gasteiger partial charge in [-0.05, 0) is 62.9 Å². The lowest BCUT2D eigenvalue weighted by molar-refractivity contribution is -0.120. The average molecular weight is 444 g/mol. The van der Waals surface area contributed by atoms with Crippen LogP contribution in [0.3, 0.4) is 0 Å². The van der Waals surface area contributed by atoms with Gasteiger partial charge in [-0.1, -0.05) is 38.8 Å². The number of piperidine rings is 1. The van der Waals surface area contributed by atoms with Crippen molar-refractivity contribution in [3.05, 3.63) is 29.3 Å². The van der Waals surface area contributed by atoms with Crippen LogP contribution in [0.1, 0.15) is 68.3 Å². The Morgan fingerprint density at radius 1 is 1.25 bits per heavy atom. The third-order valence-corrected chi connectivity index (χ3v) is 6.64. The second-order valence-electron chi connectivity index (χ2n) is 9.64. The van der Waals surface area contributed by atoms with Crippen molar-refractivity contribution in [2.75, 3.05) is 26.2 Å². The van der Waals surface area contributed by atoms with Crippen LogP contribution in [-0.2, 0) is 11.2 Å². The average Bonchev–Trinajstić information content (AvgIpc) is 2.74. The summed E-state index contributed by atoms with van der Waals surface area (Å²) in [5, 5.41) is 23.1. The van der Waals surface area contributed by atoms with E-state index in [1.54, 1.807) is 12.1 Å². The molecule has 8 heteroatoms. The van der Waals surface area contributed by atoms with Crippen molar-refractivity contribution in [2.45, 2.75) is 70.7 Å². The van der Waals surface area contributed by atoms with E-state index in [9.17, 15) is 19.7 Å². The SMILES string of the molecule is CC(C)NCCCCC1CCN(CC(=O)C[C@H]2Cc3cccc(C(=O)O)c3OB2O)CC1. The number of hydrogen-bond donors (Lipinski definition) is 3. The van der Waals surface area contributed by atoms with Gasteiger partial charge in [-0.3, -0.25) is 9.69 Å². The fraction of sp³-hybridized carbons (Fsp3) is 0.667. The van der Waals surface area contributed by atoms with Crippen LogP contribution < -0.4 is 9.97 Å². The second-order valence-corrected chi connectivity index (χ2v) is 9.64. The molecule has 3 N–H and O–H groups in total. The molecule has 1 aromatic carbocycles. The van der Waals surface area contributed by atoms with E-state index in [1.807, 2.05) is 0 Å². The highest BCUT2D eigenvalue weighted by molar-refractivity contribution is 6.47. The number of unbranched alkanes of at least 4 members (excludes halogenated alkanes) is 1. The summed E-state index contributed by atoms with van der Waals surface area (Å²) >= 11 is 0. The molecule has 0 spiro atoms. The molecule has 0 aromatic heterocycles. The Morgan fingerprint density at radius 3 is 2.69 bits per heavy atom. The lowest BCUT2D eigenvalue weighted by Crippen LogP contribution is -2.40. The van der Waals surface area contributed by atoms with E-state index in [0.29, 0.717) is 19.0 Å². The number of hydrogen-bond acceptors (Lipinski definition) is 6. The molecule has 1 fully saturated rings. The maximum atomic E-state index is 12.7. The van der Waals surface area contributed by atoms with Gasteiger partial charge < -0.3 is 20.1 Å². The van der Waals surface area contributed by atoms with Gasteiger partial charge in [0.15, 0.2) is 0 Å². The van der Waals surface area contributed by atoms with Crippen LogP contribution in [0.5, 0.6) is 5.75 Å². The number of rotatable bonds is 11. The number of nitrogens with one attached hydrogen (secondary N) is 1. The number of Topliss-reactive ketones (excluding diaryl/α,β-unsaturated/α-hetero) is 1. The van der Waals surface area contributed by atoms with Crippen LogP contribution in [0.4, 0.5) is 0 Å². The maximum Gasteiger partial charge on any atom is 0.526 e. The quantitative estimate of drug-likeness (QED) is 0.357. The molecule has 2 aliphatic heterocycles. The molecular formula is C24H37BN2O5. The molecule has 0 saturated carbocycles. The van der Waals surface area contributed by atoms with E-state index in [0.717, 1.165) is 44.0 Å². The van der Waals surface area contributed by atoms with Gasteiger partial charge in [-0.25, -0.2) is 4.79 Å².